The number of aliphatic hydroxyl groups is 2. The standard InChI is InChI=1S/C24H20N.C18H16N.2C18H14N.C12H10N.C11H8N.2C5H8O2.4Ir/c1-16-8-10-19(11-9-16)22-15-24(20-13-17(2)12-18(3)14-20)25-23-7-5-4-6-21(22)23;1-12-8-13(2)10-15(9-12)18-11-14(3)16-6-4-5-7-17(16)19-18;1-14-12-18(16-10-6-3-7-11-16)19-13-17(14)15-8-4-2-5-9-15;1-14-10-11-19-18(12-14)17-9-5-8-16(13-17)15-6-3-2-4-7-15;1-10-7-8-12(13-9-10)11-5-3-2-4-6-11;1-2-6-10(7-3-1)11-8-4-5-9-12-11;2*1-4(6)3-5(2)7;;;;/h4-13,15H,1-3H3;4-9,11H,1-3H3;2-10,12-13H,1H3;2-8,10-13H,1H3;2-5,7-9H,1H3;1-6,8-9H;2*3,6H,1-2H3;;;;/q6*-1;;;;;;. The van der Waals surface area contributed by atoms with Gasteiger partial charge in [-0.2, -0.15) is 0 Å². The first-order chi connectivity index (χ1) is 58.5. The van der Waals surface area contributed by atoms with Crippen LogP contribution in [0.15, 0.2) is 358 Å². The van der Waals surface area contributed by atoms with E-state index in [-0.39, 0.29) is 104 Å². The number of benzene rings is 11. The van der Waals surface area contributed by atoms with E-state index in [0.717, 1.165) is 89.7 Å². The number of fused-ring (bicyclic) bond motifs is 2. The van der Waals surface area contributed by atoms with Crippen LogP contribution in [0.4, 0.5) is 0 Å². The number of hydrogen-bond acceptors (Lipinski definition) is 10. The second-order valence-corrected chi connectivity index (χ2v) is 29.2. The zero-order chi connectivity index (χ0) is 86.0. The maximum absolute atomic E-state index is 10.0. The first-order valence-corrected chi connectivity index (χ1v) is 39.9. The van der Waals surface area contributed by atoms with Crippen LogP contribution in [-0.2, 0) is 90.0 Å². The minimum Gasteiger partial charge on any atom is -0.512 e. The Morgan fingerprint density at radius 3 is 1.21 bits per heavy atom. The Morgan fingerprint density at radius 2 is 0.728 bits per heavy atom. The minimum atomic E-state index is -0.125. The number of aromatic nitrogens is 6. The molecule has 0 aliphatic carbocycles. The summed E-state index contributed by atoms with van der Waals surface area (Å²) in [4.78, 5) is 47.2. The Kier molecular flexibility index (Phi) is 42.7. The molecular formula is C111H98Ir4N6O4-6. The molecular weight excluding hydrogens is 2250 g/mol. The van der Waals surface area contributed by atoms with E-state index in [9.17, 15) is 9.59 Å². The summed E-state index contributed by atoms with van der Waals surface area (Å²) in [6.07, 6.45) is 9.78. The van der Waals surface area contributed by atoms with Gasteiger partial charge in [0.1, 0.15) is 0 Å². The number of para-hydroxylation sites is 2. The van der Waals surface area contributed by atoms with Gasteiger partial charge in [-0.25, -0.2) is 0 Å². The molecule has 10 nitrogen and oxygen atoms in total. The van der Waals surface area contributed by atoms with Gasteiger partial charge in [0, 0.05) is 134 Å². The van der Waals surface area contributed by atoms with Crippen molar-refractivity contribution in [3.05, 3.63) is 444 Å². The van der Waals surface area contributed by atoms with Crippen molar-refractivity contribution < 1.29 is 100 Å². The van der Waals surface area contributed by atoms with Crippen molar-refractivity contribution in [3.8, 4) is 101 Å². The third kappa shape index (κ3) is 32.8. The van der Waals surface area contributed by atoms with E-state index in [0.29, 0.717) is 0 Å². The largest absolute Gasteiger partial charge is 0.512 e. The number of allylic oxidation sites excluding steroid dienone is 4. The Hall–Kier alpha value is -12.1. The fraction of sp³-hybridized carbons (Fsp3) is 0.117. The Bertz CT molecular complexity index is 6170. The second-order valence-electron chi connectivity index (χ2n) is 29.2. The van der Waals surface area contributed by atoms with Gasteiger partial charge in [-0.05, 0) is 160 Å². The van der Waals surface area contributed by atoms with Gasteiger partial charge in [-0.15, -0.1) is 213 Å². The molecule has 4 radical (unpaired) electrons. The van der Waals surface area contributed by atoms with Crippen LogP contribution in [0.25, 0.3) is 123 Å². The summed E-state index contributed by atoms with van der Waals surface area (Å²) in [5.74, 6) is -0.125. The van der Waals surface area contributed by atoms with Crippen molar-refractivity contribution in [2.24, 2.45) is 0 Å². The van der Waals surface area contributed by atoms with E-state index >= 15 is 0 Å². The summed E-state index contributed by atoms with van der Waals surface area (Å²) < 4.78 is 0. The molecule has 0 unspecified atom stereocenters. The molecule has 6 heterocycles. The van der Waals surface area contributed by atoms with E-state index in [1.165, 1.54) is 123 Å². The summed E-state index contributed by atoms with van der Waals surface area (Å²) in [5, 5.41) is 19.1. The number of carbonyl (C=O) groups excluding carboxylic acids is 2. The number of ketones is 2. The third-order valence-corrected chi connectivity index (χ3v) is 18.5. The molecule has 17 aromatic rings. The molecule has 0 bridgehead atoms. The van der Waals surface area contributed by atoms with Crippen LogP contribution >= 0.6 is 0 Å². The molecule has 0 aliphatic heterocycles. The minimum absolute atomic E-state index is 0. The Balaban J connectivity index is 0.000000226. The molecule has 0 spiro atoms. The van der Waals surface area contributed by atoms with E-state index in [2.05, 4.69) is 276 Å². The van der Waals surface area contributed by atoms with Gasteiger partial charge in [-0.1, -0.05) is 209 Å². The zero-order valence-electron chi connectivity index (χ0n) is 72.1. The number of aryl methyl sites for hydroxylation is 9. The van der Waals surface area contributed by atoms with Crippen LogP contribution in [0, 0.1) is 98.7 Å². The second kappa shape index (κ2) is 52.5. The van der Waals surface area contributed by atoms with Crippen molar-refractivity contribution in [1.82, 2.24) is 29.9 Å². The predicted octanol–water partition coefficient (Wildman–Crippen LogP) is 27.4. The SMILES string of the molecule is CC(=O)C=C(C)O.CC(=O)C=C(C)O.Cc1[c-]c(-c2cc(-c3ccc(C)cc3)c3ccccc3n2)cc(C)c1.Cc1[c-]c(-c2cc(C)c3ccccc3n2)cc(C)c1.Cc1cc(-c2[c-]cccc2)ncc1-c1ccccc1.Cc1ccc(-c2[c-]cccc2)nc1.Cc1ccnc(-c2[c-]ccc(-c3ccccc3)c2)c1.[Ir].[Ir].[Ir].[Ir].[c-]1ccccc1-c1ccccn1. The number of pyridine rings is 6. The van der Waals surface area contributed by atoms with Crippen molar-refractivity contribution in [2.75, 3.05) is 0 Å². The van der Waals surface area contributed by atoms with Crippen molar-refractivity contribution in [2.45, 2.75) is 90.0 Å². The average molecular weight is 2350 g/mol. The number of hydrogen-bond donors (Lipinski definition) is 2. The normalized spacial score (nSPS) is 10.2. The van der Waals surface area contributed by atoms with Gasteiger partial charge >= 0.3 is 0 Å². The average Bonchev–Trinajstić information content (AvgIpc) is 0.754. The first-order valence-electron chi connectivity index (χ1n) is 39.9. The van der Waals surface area contributed by atoms with E-state index in [4.69, 9.17) is 20.2 Å². The van der Waals surface area contributed by atoms with Crippen LogP contribution < -0.4 is 0 Å². The molecule has 0 aliphatic rings. The predicted molar refractivity (Wildman–Crippen MR) is 499 cm³/mol. The van der Waals surface area contributed by atoms with E-state index in [1.54, 1.807) is 6.20 Å². The summed E-state index contributed by atoms with van der Waals surface area (Å²) in [6.45, 7) is 24.6. The van der Waals surface area contributed by atoms with Crippen LogP contribution in [0.2, 0.25) is 0 Å². The third-order valence-electron chi connectivity index (χ3n) is 18.5. The topological polar surface area (TPSA) is 152 Å². The summed E-state index contributed by atoms with van der Waals surface area (Å²) in [7, 11) is 0. The van der Waals surface area contributed by atoms with Crippen molar-refractivity contribution in [1.29, 1.82) is 0 Å². The number of aliphatic hydroxyl groups excluding tert-OH is 2. The molecule has 17 rings (SSSR count). The monoisotopic (exact) mass is 2350 g/mol. The molecule has 125 heavy (non-hydrogen) atoms. The van der Waals surface area contributed by atoms with Gasteiger partial charge in [0.25, 0.3) is 0 Å². The summed E-state index contributed by atoms with van der Waals surface area (Å²) >= 11 is 0. The Morgan fingerprint density at radius 1 is 0.288 bits per heavy atom. The summed E-state index contributed by atoms with van der Waals surface area (Å²) in [5.41, 5.74) is 32.4. The molecule has 0 amide bonds. The molecule has 14 heteroatoms. The maximum atomic E-state index is 10.0. The molecule has 0 saturated heterocycles. The van der Waals surface area contributed by atoms with Crippen LogP contribution in [0.5, 0.6) is 0 Å². The van der Waals surface area contributed by atoms with Gasteiger partial charge < -0.3 is 30.1 Å². The number of carbonyl (C=O) groups is 2. The maximum Gasteiger partial charge on any atom is 0.155 e. The molecule has 11 aromatic carbocycles. The zero-order valence-corrected chi connectivity index (χ0v) is 81.7. The van der Waals surface area contributed by atoms with Gasteiger partial charge in [0.05, 0.1) is 22.6 Å². The fourth-order valence-electron chi connectivity index (χ4n) is 13.0. The van der Waals surface area contributed by atoms with Gasteiger partial charge in [-0.3, -0.25) is 19.6 Å². The van der Waals surface area contributed by atoms with Gasteiger partial charge in [0.15, 0.2) is 11.6 Å². The molecule has 0 atom stereocenters. The van der Waals surface area contributed by atoms with E-state index in [1.807, 2.05) is 171 Å². The van der Waals surface area contributed by atoms with Crippen LogP contribution in [0.1, 0.15) is 77.8 Å². The first kappa shape index (κ1) is 102. The van der Waals surface area contributed by atoms with Crippen LogP contribution in [-0.4, -0.2) is 51.7 Å². The van der Waals surface area contributed by atoms with E-state index < -0.39 is 0 Å². The Labute approximate surface area is 791 Å². The number of rotatable bonds is 11. The molecule has 638 valence electrons. The smallest absolute Gasteiger partial charge is 0.155 e. The molecule has 0 saturated carbocycles. The molecule has 0 fully saturated rings. The van der Waals surface area contributed by atoms with Crippen molar-refractivity contribution >= 4 is 33.4 Å². The molecule has 2 N–H and O–H groups in total. The summed E-state index contributed by atoms with van der Waals surface area (Å²) in [6, 6.07) is 124. The molecule has 6 aromatic heterocycles. The number of nitrogens with zero attached hydrogens (tertiary/aromatic N) is 6. The van der Waals surface area contributed by atoms with Crippen molar-refractivity contribution in [3.63, 3.8) is 0 Å². The fourth-order valence-corrected chi connectivity index (χ4v) is 13.0. The van der Waals surface area contributed by atoms with Crippen LogP contribution in [0.3, 0.4) is 0 Å². The van der Waals surface area contributed by atoms with Gasteiger partial charge in [0.2, 0.25) is 0 Å². The quantitative estimate of drug-likeness (QED) is 0.0727.